The zero-order valence-corrected chi connectivity index (χ0v) is 18.3. The molecule has 0 spiro atoms. The lowest BCUT2D eigenvalue weighted by Crippen LogP contribution is -2.63. The second kappa shape index (κ2) is 6.87. The first-order valence-electron chi connectivity index (χ1n) is 11.4. The van der Waals surface area contributed by atoms with Gasteiger partial charge in [-0.3, -0.25) is 0 Å². The quantitative estimate of drug-likeness (QED) is 0.616. The predicted molar refractivity (Wildman–Crippen MR) is 119 cm³/mol. The Hall–Kier alpha value is -1.80. The van der Waals surface area contributed by atoms with Crippen LogP contribution in [-0.4, -0.2) is 5.54 Å². The summed E-state index contributed by atoms with van der Waals surface area (Å²) in [5.41, 5.74) is 5.25. The van der Waals surface area contributed by atoms with Crippen LogP contribution in [0, 0.1) is 23.7 Å². The van der Waals surface area contributed by atoms with Crippen LogP contribution < -0.4 is 10.1 Å². The summed E-state index contributed by atoms with van der Waals surface area (Å²) >= 11 is 0. The molecule has 6 rings (SSSR count). The van der Waals surface area contributed by atoms with Crippen molar-refractivity contribution in [1.29, 1.82) is 0 Å². The lowest BCUT2D eigenvalue weighted by Gasteiger charge is -2.65. The molecular weight excluding hydrogens is 354 g/mol. The maximum absolute atomic E-state index is 6.28. The van der Waals surface area contributed by atoms with Crippen molar-refractivity contribution in [2.45, 2.75) is 78.0 Å². The third kappa shape index (κ3) is 3.72. The summed E-state index contributed by atoms with van der Waals surface area (Å²) in [7, 11) is 0. The fourth-order valence-electron chi connectivity index (χ4n) is 7.65. The number of rotatable bonds is 6. The first-order valence-corrected chi connectivity index (χ1v) is 11.4. The Morgan fingerprint density at radius 1 is 0.862 bits per heavy atom. The van der Waals surface area contributed by atoms with Crippen LogP contribution in [0.3, 0.4) is 0 Å². The highest BCUT2D eigenvalue weighted by atomic mass is 16.5. The molecule has 154 valence electrons. The van der Waals surface area contributed by atoms with Crippen LogP contribution in [0.15, 0.2) is 48.5 Å². The van der Waals surface area contributed by atoms with E-state index in [2.05, 4.69) is 74.6 Å². The van der Waals surface area contributed by atoms with E-state index in [9.17, 15) is 0 Å². The van der Waals surface area contributed by atoms with Gasteiger partial charge in [0.15, 0.2) is 0 Å². The highest BCUT2D eigenvalue weighted by Crippen LogP contribution is 2.66. The molecule has 2 aromatic carbocycles. The Morgan fingerprint density at radius 3 is 2.21 bits per heavy atom. The van der Waals surface area contributed by atoms with Gasteiger partial charge >= 0.3 is 0 Å². The van der Waals surface area contributed by atoms with Gasteiger partial charge in [-0.2, -0.15) is 0 Å². The molecule has 4 atom stereocenters. The van der Waals surface area contributed by atoms with Gasteiger partial charge in [-0.1, -0.05) is 56.3 Å². The van der Waals surface area contributed by atoms with Crippen molar-refractivity contribution >= 4 is 0 Å². The summed E-state index contributed by atoms with van der Waals surface area (Å²) in [5.74, 6) is 1.94. The van der Waals surface area contributed by atoms with E-state index in [-0.39, 0.29) is 0 Å². The highest BCUT2D eigenvalue weighted by molar-refractivity contribution is 5.34. The molecule has 0 aromatic heterocycles. The molecule has 1 N–H and O–H groups in total. The normalized spacial score (nSPS) is 35.1. The maximum atomic E-state index is 6.28. The van der Waals surface area contributed by atoms with E-state index in [4.69, 9.17) is 4.74 Å². The summed E-state index contributed by atoms with van der Waals surface area (Å²) in [6, 6.07) is 17.1. The molecule has 4 aliphatic carbocycles. The lowest BCUT2D eigenvalue weighted by atomic mass is 9.43. The Morgan fingerprint density at radius 2 is 1.52 bits per heavy atom. The monoisotopic (exact) mass is 389 g/mol. The van der Waals surface area contributed by atoms with Crippen LogP contribution in [0.5, 0.6) is 5.75 Å². The molecule has 4 bridgehead atoms. The molecule has 2 unspecified atom stereocenters. The van der Waals surface area contributed by atoms with Gasteiger partial charge < -0.3 is 10.1 Å². The number of benzene rings is 2. The van der Waals surface area contributed by atoms with E-state index in [1.807, 2.05) is 0 Å². The fraction of sp³-hybridized carbons (Fsp3) is 0.556. The van der Waals surface area contributed by atoms with E-state index in [1.54, 1.807) is 0 Å². The molecular formula is C27H35NO. The molecule has 2 aromatic rings. The number of ether oxygens (including phenoxy) is 1. The largest absolute Gasteiger partial charge is 0.489 e. The number of hydrogen-bond acceptors (Lipinski definition) is 2. The van der Waals surface area contributed by atoms with Crippen LogP contribution in [0.25, 0.3) is 0 Å². The summed E-state index contributed by atoms with van der Waals surface area (Å²) in [4.78, 5) is 0. The smallest absolute Gasteiger partial charge is 0.124 e. The molecule has 2 heteroatoms. The van der Waals surface area contributed by atoms with Crippen molar-refractivity contribution in [3.8, 4) is 5.75 Å². The van der Waals surface area contributed by atoms with Crippen molar-refractivity contribution in [3.63, 3.8) is 0 Å². The first kappa shape index (κ1) is 19.2. The Kier molecular flexibility index (Phi) is 4.55. The van der Waals surface area contributed by atoms with Crippen LogP contribution in [0.1, 0.15) is 69.1 Å². The Labute approximate surface area is 176 Å². The van der Waals surface area contributed by atoms with Gasteiger partial charge in [0.05, 0.1) is 0 Å². The van der Waals surface area contributed by atoms with Gasteiger partial charge in [0.2, 0.25) is 0 Å². The number of nitrogens with one attached hydrogen (secondary N) is 1. The Bertz CT molecular complexity index is 885. The van der Waals surface area contributed by atoms with Gasteiger partial charge in [-0.15, -0.1) is 0 Å². The third-order valence-corrected chi connectivity index (χ3v) is 7.90. The van der Waals surface area contributed by atoms with E-state index in [0.29, 0.717) is 23.0 Å². The van der Waals surface area contributed by atoms with E-state index < -0.39 is 0 Å². The highest BCUT2D eigenvalue weighted by Gasteiger charge is 2.59. The fourth-order valence-corrected chi connectivity index (χ4v) is 7.65. The molecule has 4 aliphatic rings. The molecule has 0 heterocycles. The first-order chi connectivity index (χ1) is 13.9. The molecule has 0 amide bonds. The molecule has 0 saturated heterocycles. The molecule has 2 nitrogen and oxygen atoms in total. The lowest BCUT2D eigenvalue weighted by molar-refractivity contribution is -0.118. The standard InChI is InChI=1S/C27H35NO/c1-20-8-4-5-10-23(20)16-29-24-11-7-6-9-22(24)15-28-27-14-21-12-25(2,18-27)17-26(3,13-21)19-27/h4-11,21,28H,12-19H2,1-3H3/t21?,25-,26+,27?. The van der Waals surface area contributed by atoms with Gasteiger partial charge in [0.1, 0.15) is 12.4 Å². The molecule has 0 aliphatic heterocycles. The van der Waals surface area contributed by atoms with Gasteiger partial charge in [0, 0.05) is 17.6 Å². The van der Waals surface area contributed by atoms with Crippen molar-refractivity contribution < 1.29 is 4.74 Å². The van der Waals surface area contributed by atoms with Crippen molar-refractivity contribution in [2.24, 2.45) is 16.7 Å². The second-order valence-corrected chi connectivity index (χ2v) is 11.1. The number of para-hydroxylation sites is 1. The topological polar surface area (TPSA) is 21.3 Å². The average molecular weight is 390 g/mol. The minimum atomic E-state index is 0.325. The zero-order valence-electron chi connectivity index (χ0n) is 18.3. The van der Waals surface area contributed by atoms with Crippen LogP contribution >= 0.6 is 0 Å². The van der Waals surface area contributed by atoms with Gasteiger partial charge in [0.25, 0.3) is 0 Å². The van der Waals surface area contributed by atoms with Gasteiger partial charge in [-0.05, 0) is 79.4 Å². The van der Waals surface area contributed by atoms with Crippen LogP contribution in [-0.2, 0) is 13.2 Å². The minimum Gasteiger partial charge on any atom is -0.489 e. The average Bonchev–Trinajstić information content (AvgIpc) is 2.63. The zero-order chi connectivity index (χ0) is 20.1. The van der Waals surface area contributed by atoms with E-state index >= 15 is 0 Å². The van der Waals surface area contributed by atoms with Crippen LogP contribution in [0.2, 0.25) is 0 Å². The second-order valence-electron chi connectivity index (χ2n) is 11.1. The van der Waals surface area contributed by atoms with Crippen molar-refractivity contribution in [3.05, 3.63) is 65.2 Å². The maximum Gasteiger partial charge on any atom is 0.124 e. The molecule has 4 saturated carbocycles. The number of aryl methyl sites for hydroxylation is 1. The predicted octanol–water partition coefficient (Wildman–Crippen LogP) is 6.41. The number of hydrogen-bond donors (Lipinski definition) is 1. The van der Waals surface area contributed by atoms with Gasteiger partial charge in [-0.25, -0.2) is 0 Å². The Balaban J connectivity index is 1.30. The summed E-state index contributed by atoms with van der Waals surface area (Å²) in [6.07, 6.45) is 8.38. The SMILES string of the molecule is Cc1ccccc1COc1ccccc1CNC12CC3C[C@@](C)(C1)C[C@](C)(C3)C2. The molecule has 4 fully saturated rings. The summed E-state index contributed by atoms with van der Waals surface area (Å²) in [6.45, 7) is 8.78. The van der Waals surface area contributed by atoms with Crippen molar-refractivity contribution in [1.82, 2.24) is 5.32 Å². The molecule has 29 heavy (non-hydrogen) atoms. The van der Waals surface area contributed by atoms with Crippen molar-refractivity contribution in [2.75, 3.05) is 0 Å². The van der Waals surface area contributed by atoms with E-state index in [0.717, 1.165) is 18.2 Å². The molecule has 0 radical (unpaired) electrons. The van der Waals surface area contributed by atoms with Crippen LogP contribution in [0.4, 0.5) is 0 Å². The summed E-state index contributed by atoms with van der Waals surface area (Å²) < 4.78 is 6.28. The third-order valence-electron chi connectivity index (χ3n) is 7.90. The van der Waals surface area contributed by atoms with E-state index in [1.165, 1.54) is 55.2 Å². The summed E-state index contributed by atoms with van der Waals surface area (Å²) in [5, 5.41) is 4.06. The minimum absolute atomic E-state index is 0.325.